The summed E-state index contributed by atoms with van der Waals surface area (Å²) in [6.07, 6.45) is 3.62. The maximum Gasteiger partial charge on any atom is 0.243 e. The molecule has 1 aromatic carbocycles. The van der Waals surface area contributed by atoms with E-state index in [0.29, 0.717) is 36.9 Å². The lowest BCUT2D eigenvalue weighted by molar-refractivity contribution is -0.115. The van der Waals surface area contributed by atoms with Gasteiger partial charge in [-0.2, -0.15) is 4.31 Å². The van der Waals surface area contributed by atoms with Crippen molar-refractivity contribution >= 4 is 43.4 Å². The predicted molar refractivity (Wildman–Crippen MR) is 128 cm³/mol. The van der Waals surface area contributed by atoms with Crippen LogP contribution in [-0.2, 0) is 21.2 Å². The molecular formula is C22H22N6O3S2. The number of thiazole rings is 1. The van der Waals surface area contributed by atoms with Crippen molar-refractivity contribution in [1.29, 1.82) is 0 Å². The molecule has 1 aliphatic heterocycles. The highest BCUT2D eigenvalue weighted by Gasteiger charge is 2.26. The average Bonchev–Trinajstić information content (AvgIpc) is 3.46. The number of carbonyl (C=O) groups excluding carboxylic acids is 1. The Balaban J connectivity index is 1.28. The summed E-state index contributed by atoms with van der Waals surface area (Å²) in [5, 5.41) is 9.29. The average molecular weight is 483 g/mol. The van der Waals surface area contributed by atoms with Crippen molar-refractivity contribution in [2.45, 2.75) is 11.3 Å². The number of hydrogen-bond acceptors (Lipinski definition) is 7. The summed E-state index contributed by atoms with van der Waals surface area (Å²) in [7, 11) is -3.58. The molecule has 0 saturated carbocycles. The molecule has 3 N–H and O–H groups in total. The molecule has 4 aromatic rings. The van der Waals surface area contributed by atoms with E-state index < -0.39 is 10.0 Å². The molecule has 11 heteroatoms. The second kappa shape index (κ2) is 9.02. The van der Waals surface area contributed by atoms with E-state index in [-0.39, 0.29) is 17.2 Å². The van der Waals surface area contributed by atoms with Gasteiger partial charge in [0, 0.05) is 54.9 Å². The first-order chi connectivity index (χ1) is 16.0. The molecular weight excluding hydrogens is 460 g/mol. The number of hydrogen-bond donors (Lipinski definition) is 3. The van der Waals surface area contributed by atoms with Crippen LogP contribution < -0.4 is 10.6 Å². The number of nitrogens with zero attached hydrogens (tertiary/aromatic N) is 3. The Labute approximate surface area is 194 Å². The van der Waals surface area contributed by atoms with Crippen LogP contribution in [0.15, 0.2) is 59.1 Å². The number of anilines is 1. The van der Waals surface area contributed by atoms with Crippen LogP contribution >= 0.6 is 11.3 Å². The van der Waals surface area contributed by atoms with Gasteiger partial charge in [-0.3, -0.25) is 4.79 Å². The van der Waals surface area contributed by atoms with Gasteiger partial charge in [-0.25, -0.2) is 18.4 Å². The van der Waals surface area contributed by atoms with Crippen molar-refractivity contribution < 1.29 is 13.2 Å². The summed E-state index contributed by atoms with van der Waals surface area (Å²) in [6, 6.07) is 10.4. The molecule has 33 heavy (non-hydrogen) atoms. The second-order valence-electron chi connectivity index (χ2n) is 7.67. The van der Waals surface area contributed by atoms with Crippen molar-refractivity contribution in [3.05, 3.63) is 59.7 Å². The molecule has 9 nitrogen and oxygen atoms in total. The van der Waals surface area contributed by atoms with E-state index in [0.717, 1.165) is 22.3 Å². The largest absolute Gasteiger partial charge is 0.345 e. The van der Waals surface area contributed by atoms with Crippen LogP contribution in [0.5, 0.6) is 0 Å². The number of sulfonamides is 1. The highest BCUT2D eigenvalue weighted by Crippen LogP contribution is 2.30. The third kappa shape index (κ3) is 4.53. The third-order valence-corrected chi connectivity index (χ3v) is 8.11. The number of piperazine rings is 1. The molecule has 1 amide bonds. The lowest BCUT2D eigenvalue weighted by Crippen LogP contribution is -2.46. The SMILES string of the molecule is O=C(Cc1cccc(S(=O)(=O)N2CCNCC2)c1)Nc1nc(-c2c[nH]c3ncccc23)cs1. The van der Waals surface area contributed by atoms with Gasteiger partial charge in [0.15, 0.2) is 5.13 Å². The van der Waals surface area contributed by atoms with Gasteiger partial charge >= 0.3 is 0 Å². The number of pyridine rings is 1. The highest BCUT2D eigenvalue weighted by molar-refractivity contribution is 7.89. The smallest absolute Gasteiger partial charge is 0.243 e. The summed E-state index contributed by atoms with van der Waals surface area (Å²) < 4.78 is 27.3. The maximum absolute atomic E-state index is 12.9. The first-order valence-electron chi connectivity index (χ1n) is 10.5. The van der Waals surface area contributed by atoms with Gasteiger partial charge in [-0.15, -0.1) is 11.3 Å². The summed E-state index contributed by atoms with van der Waals surface area (Å²) >= 11 is 1.34. The second-order valence-corrected chi connectivity index (χ2v) is 10.5. The number of fused-ring (bicyclic) bond motifs is 1. The monoisotopic (exact) mass is 482 g/mol. The minimum atomic E-state index is -3.58. The molecule has 1 saturated heterocycles. The quantitative estimate of drug-likeness (QED) is 0.388. The standard InChI is InChI=1S/C22H22N6O3S2/c29-20(12-15-3-1-4-16(11-15)33(30,31)28-9-7-23-8-10-28)27-22-26-19(14-32-22)18-13-25-21-17(18)5-2-6-24-21/h1-6,11,13-14,23H,7-10,12H2,(H,24,25)(H,26,27,29). The van der Waals surface area contributed by atoms with Crippen molar-refractivity contribution in [3.63, 3.8) is 0 Å². The fraction of sp³-hybridized carbons (Fsp3) is 0.227. The number of benzene rings is 1. The Kier molecular flexibility index (Phi) is 5.94. The van der Waals surface area contributed by atoms with Gasteiger partial charge < -0.3 is 15.6 Å². The Hall–Kier alpha value is -3.12. The van der Waals surface area contributed by atoms with Crippen LogP contribution in [0.1, 0.15) is 5.56 Å². The fourth-order valence-electron chi connectivity index (χ4n) is 3.82. The number of nitrogens with one attached hydrogen (secondary N) is 3. The number of carbonyl (C=O) groups is 1. The topological polar surface area (TPSA) is 120 Å². The maximum atomic E-state index is 12.9. The van der Waals surface area contributed by atoms with E-state index in [1.54, 1.807) is 30.5 Å². The zero-order valence-corrected chi connectivity index (χ0v) is 19.2. The van der Waals surface area contributed by atoms with Crippen molar-refractivity contribution in [1.82, 2.24) is 24.6 Å². The van der Waals surface area contributed by atoms with Gasteiger partial charge in [0.25, 0.3) is 0 Å². The molecule has 0 bridgehead atoms. The zero-order valence-electron chi connectivity index (χ0n) is 17.6. The molecule has 170 valence electrons. The Bertz CT molecular complexity index is 1410. The Morgan fingerprint density at radius 3 is 2.88 bits per heavy atom. The minimum absolute atomic E-state index is 0.0524. The molecule has 5 rings (SSSR count). The highest BCUT2D eigenvalue weighted by atomic mass is 32.2. The van der Waals surface area contributed by atoms with Crippen LogP contribution in [-0.4, -0.2) is 59.8 Å². The number of aromatic amines is 1. The molecule has 0 radical (unpaired) electrons. The van der Waals surface area contributed by atoms with E-state index >= 15 is 0 Å². The lowest BCUT2D eigenvalue weighted by Gasteiger charge is -2.26. The van der Waals surface area contributed by atoms with Gasteiger partial charge in [0.1, 0.15) is 5.65 Å². The molecule has 0 aliphatic carbocycles. The first-order valence-corrected chi connectivity index (χ1v) is 12.8. The normalized spacial score (nSPS) is 15.0. The molecule has 4 heterocycles. The first kappa shape index (κ1) is 21.7. The van der Waals surface area contributed by atoms with Crippen LogP contribution in [0.4, 0.5) is 5.13 Å². The molecule has 0 spiro atoms. The van der Waals surface area contributed by atoms with Crippen LogP contribution in [0.3, 0.4) is 0 Å². The van der Waals surface area contributed by atoms with Crippen molar-refractivity contribution in [3.8, 4) is 11.3 Å². The fourth-order valence-corrected chi connectivity index (χ4v) is 6.06. The van der Waals surface area contributed by atoms with Crippen LogP contribution in [0.25, 0.3) is 22.3 Å². The van der Waals surface area contributed by atoms with E-state index in [4.69, 9.17) is 0 Å². The lowest BCUT2D eigenvalue weighted by atomic mass is 10.1. The number of aromatic nitrogens is 3. The molecule has 0 unspecified atom stereocenters. The van der Waals surface area contributed by atoms with Crippen LogP contribution in [0, 0.1) is 0 Å². The molecule has 1 fully saturated rings. The number of H-pyrrole nitrogens is 1. The molecule has 1 aliphatic rings. The minimum Gasteiger partial charge on any atom is -0.345 e. The molecule has 3 aromatic heterocycles. The van der Waals surface area contributed by atoms with Gasteiger partial charge in [0.2, 0.25) is 15.9 Å². The van der Waals surface area contributed by atoms with Crippen molar-refractivity contribution in [2.75, 3.05) is 31.5 Å². The summed E-state index contributed by atoms with van der Waals surface area (Å²) in [5.74, 6) is -0.256. The zero-order chi connectivity index (χ0) is 22.8. The van der Waals surface area contributed by atoms with Gasteiger partial charge in [-0.05, 0) is 29.8 Å². The summed E-state index contributed by atoms with van der Waals surface area (Å²) in [4.78, 5) is 24.8. The Morgan fingerprint density at radius 1 is 1.18 bits per heavy atom. The van der Waals surface area contributed by atoms with E-state index in [1.807, 2.05) is 23.7 Å². The van der Waals surface area contributed by atoms with E-state index in [2.05, 4.69) is 25.6 Å². The third-order valence-electron chi connectivity index (χ3n) is 5.45. The Morgan fingerprint density at radius 2 is 2.03 bits per heavy atom. The van der Waals surface area contributed by atoms with E-state index in [9.17, 15) is 13.2 Å². The predicted octanol–water partition coefficient (Wildman–Crippen LogP) is 2.46. The summed E-state index contributed by atoms with van der Waals surface area (Å²) in [5.41, 5.74) is 3.07. The van der Waals surface area contributed by atoms with E-state index in [1.165, 1.54) is 15.6 Å². The van der Waals surface area contributed by atoms with Crippen molar-refractivity contribution in [2.24, 2.45) is 0 Å². The van der Waals surface area contributed by atoms with Gasteiger partial charge in [-0.1, -0.05) is 12.1 Å². The van der Waals surface area contributed by atoms with Gasteiger partial charge in [0.05, 0.1) is 17.0 Å². The molecule has 0 atom stereocenters. The van der Waals surface area contributed by atoms with Crippen LogP contribution in [0.2, 0.25) is 0 Å². The summed E-state index contributed by atoms with van der Waals surface area (Å²) in [6.45, 7) is 2.14. The number of amides is 1. The number of rotatable bonds is 6.